The molecule has 0 bridgehead atoms. The van der Waals surface area contributed by atoms with Crippen LogP contribution in [0, 0.1) is 6.92 Å². The number of hydrogen-bond acceptors (Lipinski definition) is 3. The molecule has 23 heavy (non-hydrogen) atoms. The molecule has 0 aliphatic heterocycles. The fourth-order valence-corrected chi connectivity index (χ4v) is 3.65. The third-order valence-corrected chi connectivity index (χ3v) is 4.79. The topological polar surface area (TPSA) is 43.3 Å². The van der Waals surface area contributed by atoms with E-state index < -0.39 is 0 Å². The van der Waals surface area contributed by atoms with E-state index in [1.807, 2.05) is 48.9 Å². The summed E-state index contributed by atoms with van der Waals surface area (Å²) >= 11 is 1.71. The highest BCUT2D eigenvalue weighted by Gasteiger charge is 2.15. The third kappa shape index (κ3) is 3.10. The van der Waals surface area contributed by atoms with E-state index in [4.69, 9.17) is 4.74 Å². The molecule has 3 aromatic rings. The van der Waals surface area contributed by atoms with Crippen molar-refractivity contribution in [3.05, 3.63) is 52.5 Å². The van der Waals surface area contributed by atoms with Gasteiger partial charge in [0.05, 0.1) is 16.8 Å². The number of nitrogens with zero attached hydrogens (tertiary/aromatic N) is 1. The van der Waals surface area contributed by atoms with Crippen LogP contribution in [0.5, 0.6) is 5.75 Å². The van der Waals surface area contributed by atoms with Crippen LogP contribution in [-0.2, 0) is 13.6 Å². The number of aromatic nitrogens is 1. The molecule has 120 valence electrons. The van der Waals surface area contributed by atoms with E-state index in [1.54, 1.807) is 11.3 Å². The van der Waals surface area contributed by atoms with E-state index in [1.165, 1.54) is 4.88 Å². The van der Waals surface area contributed by atoms with E-state index in [0.29, 0.717) is 18.8 Å². The predicted octanol–water partition coefficient (Wildman–Crippen LogP) is 3.88. The van der Waals surface area contributed by atoms with Crippen molar-refractivity contribution in [3.8, 4) is 5.75 Å². The first-order valence-electron chi connectivity index (χ1n) is 7.65. The molecule has 0 atom stereocenters. The number of benzene rings is 1. The lowest BCUT2D eigenvalue weighted by Crippen LogP contribution is -2.25. The van der Waals surface area contributed by atoms with Gasteiger partial charge in [0.1, 0.15) is 11.4 Å². The smallest absolute Gasteiger partial charge is 0.268 e. The Bertz CT molecular complexity index is 848. The number of para-hydroxylation sites is 1. The van der Waals surface area contributed by atoms with E-state index in [0.717, 1.165) is 21.5 Å². The van der Waals surface area contributed by atoms with Gasteiger partial charge in [-0.1, -0.05) is 18.2 Å². The third-order valence-electron chi connectivity index (χ3n) is 3.80. The Morgan fingerprint density at radius 2 is 2.09 bits per heavy atom. The average molecular weight is 328 g/mol. The highest BCUT2D eigenvalue weighted by molar-refractivity contribution is 7.19. The molecule has 0 radical (unpaired) electrons. The zero-order valence-electron chi connectivity index (χ0n) is 13.6. The van der Waals surface area contributed by atoms with Gasteiger partial charge in [0, 0.05) is 24.0 Å². The summed E-state index contributed by atoms with van der Waals surface area (Å²) in [5.41, 5.74) is 2.77. The lowest BCUT2D eigenvalue weighted by Gasteiger charge is -2.11. The summed E-state index contributed by atoms with van der Waals surface area (Å²) in [6.45, 7) is 5.09. The summed E-state index contributed by atoms with van der Waals surface area (Å²) in [5.74, 6) is 0.749. The monoisotopic (exact) mass is 328 g/mol. The molecule has 5 heteroatoms. The summed E-state index contributed by atoms with van der Waals surface area (Å²) in [5, 5.41) is 2.99. The van der Waals surface area contributed by atoms with Crippen LogP contribution in [0.15, 0.2) is 36.4 Å². The molecule has 3 rings (SSSR count). The maximum atomic E-state index is 12.5. The Labute approximate surface area is 139 Å². The predicted molar refractivity (Wildman–Crippen MR) is 94.3 cm³/mol. The SMILES string of the molecule is CCOc1ccccc1CNC(=O)c1cc2sc(C)cc2n1C. The van der Waals surface area contributed by atoms with Gasteiger partial charge in [-0.2, -0.15) is 0 Å². The number of nitrogens with one attached hydrogen (secondary N) is 1. The normalized spacial score (nSPS) is 10.9. The number of rotatable bonds is 5. The molecule has 1 N–H and O–H groups in total. The number of thiophene rings is 1. The number of fused-ring (bicyclic) bond motifs is 1. The lowest BCUT2D eigenvalue weighted by molar-refractivity contribution is 0.0943. The summed E-state index contributed by atoms with van der Waals surface area (Å²) in [4.78, 5) is 13.7. The van der Waals surface area contributed by atoms with Crippen LogP contribution in [0.3, 0.4) is 0 Å². The van der Waals surface area contributed by atoms with E-state index in [9.17, 15) is 4.79 Å². The Kier molecular flexibility index (Phi) is 4.39. The minimum Gasteiger partial charge on any atom is -0.494 e. The van der Waals surface area contributed by atoms with Crippen molar-refractivity contribution < 1.29 is 9.53 Å². The van der Waals surface area contributed by atoms with Gasteiger partial charge in [-0.05, 0) is 32.0 Å². The molecule has 0 aliphatic rings. The Morgan fingerprint density at radius 1 is 1.30 bits per heavy atom. The summed E-state index contributed by atoms with van der Waals surface area (Å²) < 4.78 is 8.68. The maximum Gasteiger partial charge on any atom is 0.268 e. The van der Waals surface area contributed by atoms with Gasteiger partial charge in [0.2, 0.25) is 0 Å². The molecule has 1 aromatic carbocycles. The van der Waals surface area contributed by atoms with Crippen LogP contribution in [0.2, 0.25) is 0 Å². The first-order chi connectivity index (χ1) is 11.1. The highest BCUT2D eigenvalue weighted by Crippen LogP contribution is 2.27. The van der Waals surface area contributed by atoms with Gasteiger partial charge in [-0.15, -0.1) is 11.3 Å². The molecule has 0 fully saturated rings. The second kappa shape index (κ2) is 6.46. The van der Waals surface area contributed by atoms with Crippen molar-refractivity contribution in [2.24, 2.45) is 7.05 Å². The van der Waals surface area contributed by atoms with E-state index in [2.05, 4.69) is 18.3 Å². The largest absolute Gasteiger partial charge is 0.494 e. The number of aryl methyl sites for hydroxylation is 2. The van der Waals surface area contributed by atoms with Crippen molar-refractivity contribution in [3.63, 3.8) is 0 Å². The molecule has 0 unspecified atom stereocenters. The van der Waals surface area contributed by atoms with E-state index in [-0.39, 0.29) is 5.91 Å². The zero-order valence-corrected chi connectivity index (χ0v) is 14.4. The molecule has 1 amide bonds. The van der Waals surface area contributed by atoms with Crippen LogP contribution in [-0.4, -0.2) is 17.1 Å². The van der Waals surface area contributed by atoms with Crippen LogP contribution < -0.4 is 10.1 Å². The summed E-state index contributed by atoms with van der Waals surface area (Å²) in [7, 11) is 1.93. The van der Waals surface area contributed by atoms with Crippen molar-refractivity contribution in [2.45, 2.75) is 20.4 Å². The van der Waals surface area contributed by atoms with Crippen molar-refractivity contribution in [1.29, 1.82) is 0 Å². The average Bonchev–Trinajstić information content (AvgIpc) is 3.04. The standard InChI is InChI=1S/C18H20N2O2S/c1-4-22-16-8-6-5-7-13(16)11-19-18(21)15-10-17-14(20(15)3)9-12(2)23-17/h5-10H,4,11H2,1-3H3,(H,19,21). The Hall–Kier alpha value is -2.27. The maximum absolute atomic E-state index is 12.5. The van der Waals surface area contributed by atoms with Gasteiger partial charge in [-0.25, -0.2) is 0 Å². The second-order valence-electron chi connectivity index (χ2n) is 5.42. The summed E-state index contributed by atoms with van der Waals surface area (Å²) in [6, 6.07) is 11.8. The molecule has 2 aromatic heterocycles. The quantitative estimate of drug-likeness (QED) is 0.772. The van der Waals surface area contributed by atoms with E-state index >= 15 is 0 Å². The van der Waals surface area contributed by atoms with Crippen molar-refractivity contribution in [1.82, 2.24) is 9.88 Å². The fourth-order valence-electron chi connectivity index (χ4n) is 2.67. The first kappa shape index (κ1) is 15.6. The second-order valence-corrected chi connectivity index (χ2v) is 6.71. The van der Waals surface area contributed by atoms with Crippen LogP contribution in [0.4, 0.5) is 0 Å². The molecule has 0 saturated carbocycles. The molecule has 0 aliphatic carbocycles. The molecule has 0 saturated heterocycles. The van der Waals surface area contributed by atoms with Crippen molar-refractivity contribution >= 4 is 27.5 Å². The number of ether oxygens (including phenoxy) is 1. The van der Waals surface area contributed by atoms with Crippen LogP contribution in [0.25, 0.3) is 10.2 Å². The highest BCUT2D eigenvalue weighted by atomic mass is 32.1. The van der Waals surface area contributed by atoms with Crippen molar-refractivity contribution in [2.75, 3.05) is 6.61 Å². The minimum absolute atomic E-state index is 0.0696. The molecular weight excluding hydrogens is 308 g/mol. The summed E-state index contributed by atoms with van der Waals surface area (Å²) in [6.07, 6.45) is 0. The van der Waals surface area contributed by atoms with Gasteiger partial charge in [0.15, 0.2) is 0 Å². The molecular formula is C18H20N2O2S. The Balaban J connectivity index is 1.76. The van der Waals surface area contributed by atoms with Gasteiger partial charge >= 0.3 is 0 Å². The lowest BCUT2D eigenvalue weighted by atomic mass is 10.2. The number of carbonyl (C=O) groups excluding carboxylic acids is 1. The molecule has 0 spiro atoms. The van der Waals surface area contributed by atoms with Gasteiger partial charge in [0.25, 0.3) is 5.91 Å². The minimum atomic E-state index is -0.0696. The van der Waals surface area contributed by atoms with Gasteiger partial charge < -0.3 is 14.6 Å². The van der Waals surface area contributed by atoms with Crippen LogP contribution in [0.1, 0.15) is 27.9 Å². The number of carbonyl (C=O) groups is 1. The molecule has 2 heterocycles. The van der Waals surface area contributed by atoms with Gasteiger partial charge in [-0.3, -0.25) is 4.79 Å². The number of amides is 1. The van der Waals surface area contributed by atoms with Crippen LogP contribution >= 0.6 is 11.3 Å². The fraction of sp³-hybridized carbons (Fsp3) is 0.278. The Morgan fingerprint density at radius 3 is 2.83 bits per heavy atom. The zero-order chi connectivity index (χ0) is 16.4. The first-order valence-corrected chi connectivity index (χ1v) is 8.46. The number of hydrogen-bond donors (Lipinski definition) is 1. The molecule has 4 nitrogen and oxygen atoms in total.